The van der Waals surface area contributed by atoms with Crippen molar-refractivity contribution in [3.8, 4) is 0 Å². The first-order valence-electron chi connectivity index (χ1n) is 5.07. The third kappa shape index (κ3) is 3.32. The van der Waals surface area contributed by atoms with Crippen LogP contribution in [0.4, 0.5) is 4.39 Å². The SMILES string of the molecule is Cl.N[C@@H]1CCN(Cc2cc(F)ccc2Cl)C1. The van der Waals surface area contributed by atoms with Gasteiger partial charge in [0.1, 0.15) is 5.82 Å². The summed E-state index contributed by atoms with van der Waals surface area (Å²) >= 11 is 5.99. The number of nitrogens with zero attached hydrogens (tertiary/aromatic N) is 1. The number of halogens is 3. The fourth-order valence-electron chi connectivity index (χ4n) is 1.91. The highest BCUT2D eigenvalue weighted by molar-refractivity contribution is 6.31. The summed E-state index contributed by atoms with van der Waals surface area (Å²) in [7, 11) is 0. The first-order valence-corrected chi connectivity index (χ1v) is 5.45. The van der Waals surface area contributed by atoms with Gasteiger partial charge < -0.3 is 5.73 Å². The number of rotatable bonds is 2. The van der Waals surface area contributed by atoms with Gasteiger partial charge in [0.25, 0.3) is 0 Å². The molecule has 1 aromatic rings. The molecule has 1 atom stereocenters. The molecular weight excluding hydrogens is 250 g/mol. The van der Waals surface area contributed by atoms with E-state index in [2.05, 4.69) is 4.90 Å². The van der Waals surface area contributed by atoms with E-state index in [0.29, 0.717) is 11.6 Å². The van der Waals surface area contributed by atoms with E-state index in [0.717, 1.165) is 25.1 Å². The third-order valence-corrected chi connectivity index (χ3v) is 3.08. The summed E-state index contributed by atoms with van der Waals surface area (Å²) < 4.78 is 13.0. The minimum absolute atomic E-state index is 0. The van der Waals surface area contributed by atoms with Crippen molar-refractivity contribution in [3.63, 3.8) is 0 Å². The van der Waals surface area contributed by atoms with Gasteiger partial charge >= 0.3 is 0 Å². The molecule has 16 heavy (non-hydrogen) atoms. The minimum atomic E-state index is -0.238. The van der Waals surface area contributed by atoms with Crippen LogP contribution in [0.5, 0.6) is 0 Å². The molecule has 0 saturated carbocycles. The van der Waals surface area contributed by atoms with Crippen LogP contribution in [0.25, 0.3) is 0 Å². The van der Waals surface area contributed by atoms with Crippen molar-refractivity contribution in [1.82, 2.24) is 4.90 Å². The molecule has 1 aliphatic rings. The maximum Gasteiger partial charge on any atom is 0.123 e. The molecule has 0 aromatic heterocycles. The van der Waals surface area contributed by atoms with Crippen molar-refractivity contribution in [2.75, 3.05) is 13.1 Å². The third-order valence-electron chi connectivity index (χ3n) is 2.71. The van der Waals surface area contributed by atoms with Crippen LogP contribution < -0.4 is 5.73 Å². The lowest BCUT2D eigenvalue weighted by Gasteiger charge is -2.15. The Morgan fingerprint density at radius 1 is 1.50 bits per heavy atom. The summed E-state index contributed by atoms with van der Waals surface area (Å²) in [4.78, 5) is 2.20. The molecule has 2 nitrogen and oxygen atoms in total. The number of likely N-dealkylation sites (tertiary alicyclic amines) is 1. The Morgan fingerprint density at radius 2 is 2.25 bits per heavy atom. The lowest BCUT2D eigenvalue weighted by atomic mass is 10.2. The first kappa shape index (κ1) is 13.7. The molecule has 0 amide bonds. The molecule has 5 heteroatoms. The Balaban J connectivity index is 0.00000128. The average molecular weight is 265 g/mol. The number of hydrogen-bond acceptors (Lipinski definition) is 2. The lowest BCUT2D eigenvalue weighted by molar-refractivity contribution is 0.326. The number of nitrogens with two attached hydrogens (primary N) is 1. The lowest BCUT2D eigenvalue weighted by Crippen LogP contribution is -2.26. The Hall–Kier alpha value is -0.350. The summed E-state index contributed by atoms with van der Waals surface area (Å²) in [5, 5.41) is 0.622. The molecule has 0 aliphatic carbocycles. The Kier molecular flexibility index (Phi) is 4.99. The molecular formula is C11H15Cl2FN2. The van der Waals surface area contributed by atoms with E-state index in [-0.39, 0.29) is 24.3 Å². The van der Waals surface area contributed by atoms with Crippen LogP contribution in [0, 0.1) is 5.82 Å². The van der Waals surface area contributed by atoms with E-state index in [9.17, 15) is 4.39 Å². The van der Waals surface area contributed by atoms with Crippen molar-refractivity contribution in [2.45, 2.75) is 19.0 Å². The summed E-state index contributed by atoms with van der Waals surface area (Å²) in [5.41, 5.74) is 6.64. The topological polar surface area (TPSA) is 29.3 Å². The quantitative estimate of drug-likeness (QED) is 0.889. The molecule has 0 spiro atoms. The van der Waals surface area contributed by atoms with E-state index in [1.807, 2.05) is 0 Å². The van der Waals surface area contributed by atoms with Crippen LogP contribution in [-0.4, -0.2) is 24.0 Å². The second kappa shape index (κ2) is 5.82. The van der Waals surface area contributed by atoms with Crippen molar-refractivity contribution >= 4 is 24.0 Å². The van der Waals surface area contributed by atoms with Gasteiger partial charge in [-0.2, -0.15) is 0 Å². The van der Waals surface area contributed by atoms with Gasteiger partial charge in [-0.25, -0.2) is 4.39 Å². The van der Waals surface area contributed by atoms with Crippen molar-refractivity contribution in [2.24, 2.45) is 5.73 Å². The van der Waals surface area contributed by atoms with E-state index >= 15 is 0 Å². The zero-order valence-corrected chi connectivity index (χ0v) is 10.4. The monoisotopic (exact) mass is 264 g/mol. The van der Waals surface area contributed by atoms with E-state index in [4.69, 9.17) is 17.3 Å². The second-order valence-corrected chi connectivity index (χ2v) is 4.43. The fraction of sp³-hybridized carbons (Fsp3) is 0.455. The van der Waals surface area contributed by atoms with Gasteiger partial charge in [-0.1, -0.05) is 11.6 Å². The molecule has 0 unspecified atom stereocenters. The number of benzene rings is 1. The van der Waals surface area contributed by atoms with E-state index in [1.54, 1.807) is 6.07 Å². The summed E-state index contributed by atoms with van der Waals surface area (Å²) in [6.45, 7) is 2.52. The molecule has 0 bridgehead atoms. The molecule has 90 valence electrons. The highest BCUT2D eigenvalue weighted by Gasteiger charge is 2.19. The molecule has 1 aromatic carbocycles. The molecule has 1 saturated heterocycles. The smallest absolute Gasteiger partial charge is 0.123 e. The molecule has 2 rings (SSSR count). The van der Waals surface area contributed by atoms with E-state index in [1.165, 1.54) is 12.1 Å². The largest absolute Gasteiger partial charge is 0.326 e. The minimum Gasteiger partial charge on any atom is -0.326 e. The highest BCUT2D eigenvalue weighted by Crippen LogP contribution is 2.20. The Bertz CT molecular complexity index is 360. The number of hydrogen-bond donors (Lipinski definition) is 1. The summed E-state index contributed by atoms with van der Waals surface area (Å²) in [6, 6.07) is 4.72. The Morgan fingerprint density at radius 3 is 2.88 bits per heavy atom. The predicted molar refractivity (Wildman–Crippen MR) is 66.5 cm³/mol. The molecule has 0 radical (unpaired) electrons. The van der Waals surface area contributed by atoms with Gasteiger partial charge in [0.2, 0.25) is 0 Å². The summed E-state index contributed by atoms with van der Waals surface area (Å²) in [6.07, 6.45) is 1.01. The maximum atomic E-state index is 13.0. The van der Waals surface area contributed by atoms with Crippen LogP contribution in [0.2, 0.25) is 5.02 Å². The standard InChI is InChI=1S/C11H14ClFN2.ClH/c12-11-2-1-9(13)5-8(11)6-15-4-3-10(14)7-15;/h1-2,5,10H,3-4,6-7,14H2;1H/t10-;/m1./s1. The van der Waals surface area contributed by atoms with Crippen LogP contribution in [-0.2, 0) is 6.54 Å². The summed E-state index contributed by atoms with van der Waals surface area (Å²) in [5.74, 6) is -0.238. The predicted octanol–water partition coefficient (Wildman–Crippen LogP) is 2.43. The van der Waals surface area contributed by atoms with Gasteiger partial charge in [-0.15, -0.1) is 12.4 Å². The molecule has 2 N–H and O–H groups in total. The maximum absolute atomic E-state index is 13.0. The van der Waals surface area contributed by atoms with Crippen LogP contribution in [0.1, 0.15) is 12.0 Å². The molecule has 1 aliphatic heterocycles. The normalized spacial score (nSPS) is 20.8. The molecule has 1 fully saturated rings. The van der Waals surface area contributed by atoms with Crippen LogP contribution >= 0.6 is 24.0 Å². The Labute approximate surface area is 106 Å². The molecule has 1 heterocycles. The average Bonchev–Trinajstić information content (AvgIpc) is 2.58. The van der Waals surface area contributed by atoms with Crippen molar-refractivity contribution in [1.29, 1.82) is 0 Å². The van der Waals surface area contributed by atoms with Gasteiger partial charge in [0.15, 0.2) is 0 Å². The zero-order chi connectivity index (χ0) is 10.8. The van der Waals surface area contributed by atoms with Crippen molar-refractivity contribution < 1.29 is 4.39 Å². The van der Waals surface area contributed by atoms with E-state index < -0.39 is 0 Å². The van der Waals surface area contributed by atoms with Gasteiger partial charge in [-0.3, -0.25) is 4.90 Å². The van der Waals surface area contributed by atoms with Gasteiger partial charge in [0, 0.05) is 30.7 Å². The van der Waals surface area contributed by atoms with Crippen molar-refractivity contribution in [3.05, 3.63) is 34.6 Å². The van der Waals surface area contributed by atoms with Gasteiger partial charge in [-0.05, 0) is 30.2 Å². The zero-order valence-electron chi connectivity index (χ0n) is 8.83. The highest BCUT2D eigenvalue weighted by atomic mass is 35.5. The fourth-order valence-corrected chi connectivity index (χ4v) is 2.09. The van der Waals surface area contributed by atoms with Gasteiger partial charge in [0.05, 0.1) is 0 Å². The first-order chi connectivity index (χ1) is 7.15. The van der Waals surface area contributed by atoms with Crippen LogP contribution in [0.3, 0.4) is 0 Å². The van der Waals surface area contributed by atoms with Crippen LogP contribution in [0.15, 0.2) is 18.2 Å². The second-order valence-electron chi connectivity index (χ2n) is 4.02.